The van der Waals surface area contributed by atoms with Crippen LogP contribution < -0.4 is 10.6 Å². The lowest BCUT2D eigenvalue weighted by atomic mass is 10.1. The normalized spacial score (nSPS) is 18.7. The first-order valence-corrected chi connectivity index (χ1v) is 6.81. The van der Waals surface area contributed by atoms with Crippen molar-refractivity contribution in [1.29, 1.82) is 0 Å². The number of aliphatic hydroxyl groups is 1. The molecule has 1 aliphatic heterocycles. The SMILES string of the molecule is Nc1nnc(N2CCOC(CO)C2)c(-c2ccccc2)n1. The van der Waals surface area contributed by atoms with Crippen LogP contribution in [-0.4, -0.2) is 52.7 Å². The standard InChI is InChI=1S/C14H17N5O2/c15-14-16-12(10-4-2-1-3-5-10)13(17-18-14)19-6-7-21-11(8-19)9-20/h1-5,11,20H,6-9H2,(H2,15,16,18). The van der Waals surface area contributed by atoms with E-state index >= 15 is 0 Å². The van der Waals surface area contributed by atoms with E-state index in [0.29, 0.717) is 31.2 Å². The lowest BCUT2D eigenvalue weighted by Gasteiger charge is -2.33. The molecule has 1 atom stereocenters. The van der Waals surface area contributed by atoms with Crippen LogP contribution in [0.3, 0.4) is 0 Å². The Labute approximate surface area is 122 Å². The van der Waals surface area contributed by atoms with Crippen LogP contribution in [0.5, 0.6) is 0 Å². The number of morpholine rings is 1. The molecule has 0 amide bonds. The Morgan fingerprint density at radius 3 is 2.86 bits per heavy atom. The van der Waals surface area contributed by atoms with Crippen molar-refractivity contribution in [1.82, 2.24) is 15.2 Å². The molecule has 3 rings (SSSR count). The van der Waals surface area contributed by atoms with E-state index < -0.39 is 0 Å². The molecule has 2 aromatic rings. The molecule has 0 spiro atoms. The van der Waals surface area contributed by atoms with Crippen LogP contribution in [0.2, 0.25) is 0 Å². The van der Waals surface area contributed by atoms with Crippen molar-refractivity contribution in [2.45, 2.75) is 6.10 Å². The van der Waals surface area contributed by atoms with Crippen molar-refractivity contribution < 1.29 is 9.84 Å². The molecule has 1 aromatic carbocycles. The van der Waals surface area contributed by atoms with Gasteiger partial charge in [-0.3, -0.25) is 0 Å². The Hall–Kier alpha value is -2.25. The molecule has 3 N–H and O–H groups in total. The molecule has 1 aromatic heterocycles. The van der Waals surface area contributed by atoms with Crippen molar-refractivity contribution in [3.8, 4) is 11.3 Å². The predicted molar refractivity (Wildman–Crippen MR) is 78.7 cm³/mol. The van der Waals surface area contributed by atoms with E-state index in [1.165, 1.54) is 0 Å². The Morgan fingerprint density at radius 2 is 2.10 bits per heavy atom. The summed E-state index contributed by atoms with van der Waals surface area (Å²) in [4.78, 5) is 6.35. The number of anilines is 2. The molecule has 1 fully saturated rings. The van der Waals surface area contributed by atoms with Gasteiger partial charge in [-0.25, -0.2) is 4.98 Å². The van der Waals surface area contributed by atoms with Gasteiger partial charge >= 0.3 is 0 Å². The number of nitrogen functional groups attached to an aromatic ring is 1. The maximum Gasteiger partial charge on any atom is 0.240 e. The summed E-state index contributed by atoms with van der Waals surface area (Å²) in [6.07, 6.45) is -0.221. The molecule has 0 bridgehead atoms. The summed E-state index contributed by atoms with van der Waals surface area (Å²) in [5.74, 6) is 0.807. The Bertz CT molecular complexity index is 608. The minimum absolute atomic E-state index is 0.0208. The number of aliphatic hydroxyl groups excluding tert-OH is 1. The molecule has 0 aliphatic carbocycles. The van der Waals surface area contributed by atoms with Gasteiger partial charge in [0.2, 0.25) is 5.95 Å². The summed E-state index contributed by atoms with van der Waals surface area (Å²) in [5.41, 5.74) is 7.31. The molecule has 0 radical (unpaired) electrons. The average molecular weight is 287 g/mol. The van der Waals surface area contributed by atoms with Crippen molar-refractivity contribution in [3.05, 3.63) is 30.3 Å². The Kier molecular flexibility index (Phi) is 3.94. The second-order valence-electron chi connectivity index (χ2n) is 4.83. The molecule has 2 heterocycles. The van der Waals surface area contributed by atoms with Gasteiger partial charge in [0.25, 0.3) is 0 Å². The van der Waals surface area contributed by atoms with Gasteiger partial charge in [-0.1, -0.05) is 30.3 Å². The zero-order valence-corrected chi connectivity index (χ0v) is 11.5. The molecular weight excluding hydrogens is 270 g/mol. The third-order valence-corrected chi connectivity index (χ3v) is 3.37. The number of aromatic nitrogens is 3. The van der Waals surface area contributed by atoms with E-state index in [0.717, 1.165) is 5.56 Å². The minimum Gasteiger partial charge on any atom is -0.394 e. The van der Waals surface area contributed by atoms with Crippen molar-refractivity contribution in [3.63, 3.8) is 0 Å². The second kappa shape index (κ2) is 6.02. The van der Waals surface area contributed by atoms with Crippen LogP contribution in [0.4, 0.5) is 11.8 Å². The smallest absolute Gasteiger partial charge is 0.240 e. The highest BCUT2D eigenvalue weighted by Gasteiger charge is 2.24. The zero-order valence-electron chi connectivity index (χ0n) is 11.5. The lowest BCUT2D eigenvalue weighted by molar-refractivity contribution is 0.00334. The largest absolute Gasteiger partial charge is 0.394 e. The van der Waals surface area contributed by atoms with Gasteiger partial charge in [0, 0.05) is 18.7 Å². The van der Waals surface area contributed by atoms with E-state index in [1.807, 2.05) is 35.2 Å². The van der Waals surface area contributed by atoms with Crippen molar-refractivity contribution >= 4 is 11.8 Å². The maximum atomic E-state index is 9.26. The maximum absolute atomic E-state index is 9.26. The fraction of sp³-hybridized carbons (Fsp3) is 0.357. The van der Waals surface area contributed by atoms with Crippen LogP contribution in [0.1, 0.15) is 0 Å². The van der Waals surface area contributed by atoms with E-state index in [9.17, 15) is 5.11 Å². The first-order valence-electron chi connectivity index (χ1n) is 6.81. The summed E-state index contributed by atoms with van der Waals surface area (Å²) in [7, 11) is 0. The highest BCUT2D eigenvalue weighted by atomic mass is 16.5. The highest BCUT2D eigenvalue weighted by Crippen LogP contribution is 2.27. The van der Waals surface area contributed by atoms with Crippen LogP contribution >= 0.6 is 0 Å². The molecule has 1 saturated heterocycles. The predicted octanol–water partition coefficient (Wildman–Crippen LogP) is 0.318. The van der Waals surface area contributed by atoms with Gasteiger partial charge in [-0.05, 0) is 0 Å². The third-order valence-electron chi connectivity index (χ3n) is 3.37. The number of rotatable bonds is 3. The van der Waals surface area contributed by atoms with Crippen LogP contribution in [-0.2, 0) is 4.74 Å². The topological polar surface area (TPSA) is 97.4 Å². The fourth-order valence-corrected chi connectivity index (χ4v) is 2.36. The van der Waals surface area contributed by atoms with E-state index in [4.69, 9.17) is 10.5 Å². The van der Waals surface area contributed by atoms with E-state index in [2.05, 4.69) is 15.2 Å². The molecule has 0 saturated carbocycles. The monoisotopic (exact) mass is 287 g/mol. The van der Waals surface area contributed by atoms with Gasteiger partial charge in [-0.15, -0.1) is 10.2 Å². The van der Waals surface area contributed by atoms with Crippen LogP contribution in [0.25, 0.3) is 11.3 Å². The van der Waals surface area contributed by atoms with Gasteiger partial charge in [0.05, 0.1) is 19.3 Å². The Balaban J connectivity index is 1.98. The number of hydrogen-bond donors (Lipinski definition) is 2. The molecular formula is C14H17N5O2. The first-order chi connectivity index (χ1) is 10.3. The number of hydrogen-bond acceptors (Lipinski definition) is 7. The van der Waals surface area contributed by atoms with E-state index in [1.54, 1.807) is 0 Å². The summed E-state index contributed by atoms with van der Waals surface area (Å²) < 4.78 is 5.46. The molecule has 110 valence electrons. The van der Waals surface area contributed by atoms with Crippen LogP contribution in [0.15, 0.2) is 30.3 Å². The third kappa shape index (κ3) is 2.93. The van der Waals surface area contributed by atoms with Gasteiger partial charge < -0.3 is 20.5 Å². The second-order valence-corrected chi connectivity index (χ2v) is 4.83. The summed E-state index contributed by atoms with van der Waals surface area (Å²) in [5, 5.41) is 17.3. The average Bonchev–Trinajstić information content (AvgIpc) is 2.55. The molecule has 1 unspecified atom stereocenters. The number of nitrogens with two attached hydrogens (primary N) is 1. The minimum atomic E-state index is -0.221. The fourth-order valence-electron chi connectivity index (χ4n) is 2.36. The summed E-state index contributed by atoms with van der Waals surface area (Å²) >= 11 is 0. The molecule has 7 nitrogen and oxygen atoms in total. The molecule has 7 heteroatoms. The number of benzene rings is 1. The Morgan fingerprint density at radius 1 is 1.29 bits per heavy atom. The first kappa shape index (κ1) is 13.7. The zero-order chi connectivity index (χ0) is 14.7. The number of nitrogens with zero attached hydrogens (tertiary/aromatic N) is 4. The molecule has 21 heavy (non-hydrogen) atoms. The summed E-state index contributed by atoms with van der Waals surface area (Å²) in [6, 6.07) is 9.73. The quantitative estimate of drug-likeness (QED) is 0.838. The van der Waals surface area contributed by atoms with Crippen LogP contribution in [0, 0.1) is 0 Å². The van der Waals surface area contributed by atoms with Gasteiger partial charge in [-0.2, -0.15) is 0 Å². The molecule has 1 aliphatic rings. The van der Waals surface area contributed by atoms with Gasteiger partial charge in [0.15, 0.2) is 5.82 Å². The van der Waals surface area contributed by atoms with E-state index in [-0.39, 0.29) is 18.7 Å². The summed E-state index contributed by atoms with van der Waals surface area (Å²) in [6.45, 7) is 1.74. The highest BCUT2D eigenvalue weighted by molar-refractivity contribution is 5.72. The van der Waals surface area contributed by atoms with Crippen molar-refractivity contribution in [2.75, 3.05) is 36.9 Å². The van der Waals surface area contributed by atoms with Gasteiger partial charge in [0.1, 0.15) is 5.69 Å². The van der Waals surface area contributed by atoms with Crippen molar-refractivity contribution in [2.24, 2.45) is 0 Å². The number of ether oxygens (including phenoxy) is 1. The lowest BCUT2D eigenvalue weighted by Crippen LogP contribution is -2.44.